The summed E-state index contributed by atoms with van der Waals surface area (Å²) in [6, 6.07) is 8.32. The van der Waals surface area contributed by atoms with Crippen LogP contribution in [0.4, 0.5) is 0 Å². The number of carbonyl (C=O) groups is 1. The van der Waals surface area contributed by atoms with Crippen LogP contribution in [0.15, 0.2) is 24.3 Å². The van der Waals surface area contributed by atoms with Crippen molar-refractivity contribution < 1.29 is 4.79 Å². The van der Waals surface area contributed by atoms with E-state index in [-0.39, 0.29) is 11.9 Å². The number of primary amides is 1. The van der Waals surface area contributed by atoms with Crippen LogP contribution < -0.4 is 11.1 Å². The summed E-state index contributed by atoms with van der Waals surface area (Å²) in [4.78, 5) is 10.7. The summed E-state index contributed by atoms with van der Waals surface area (Å²) in [5.41, 5.74) is 7.63. The van der Waals surface area contributed by atoms with Gasteiger partial charge in [0.1, 0.15) is 0 Å². The van der Waals surface area contributed by atoms with E-state index in [1.54, 1.807) is 0 Å². The van der Waals surface area contributed by atoms with Crippen molar-refractivity contribution in [2.75, 3.05) is 0 Å². The van der Waals surface area contributed by atoms with E-state index in [4.69, 9.17) is 5.73 Å². The standard InChI is InChI=1S/C12H18N2O/c1-9-5-3-4-6-11(9)8-14-10(2)7-12(13)15/h3-6,10,14H,7-8H2,1-2H3,(H2,13,15). The highest BCUT2D eigenvalue weighted by atomic mass is 16.1. The number of nitrogens with two attached hydrogens (primary N) is 1. The van der Waals surface area contributed by atoms with Gasteiger partial charge in [0.25, 0.3) is 0 Å². The van der Waals surface area contributed by atoms with Gasteiger partial charge in [-0.3, -0.25) is 4.79 Å². The fourth-order valence-corrected chi connectivity index (χ4v) is 1.47. The molecule has 0 fully saturated rings. The van der Waals surface area contributed by atoms with Crippen LogP contribution in [0.1, 0.15) is 24.5 Å². The zero-order valence-corrected chi connectivity index (χ0v) is 9.29. The third-order valence-electron chi connectivity index (χ3n) is 2.41. The smallest absolute Gasteiger partial charge is 0.218 e. The van der Waals surface area contributed by atoms with Crippen LogP contribution in [-0.4, -0.2) is 11.9 Å². The summed E-state index contributed by atoms with van der Waals surface area (Å²) in [6.45, 7) is 4.82. The minimum absolute atomic E-state index is 0.127. The molecular formula is C12H18N2O. The van der Waals surface area contributed by atoms with Crippen molar-refractivity contribution in [3.63, 3.8) is 0 Å². The minimum atomic E-state index is -0.264. The number of hydrogen-bond acceptors (Lipinski definition) is 2. The van der Waals surface area contributed by atoms with Crippen LogP contribution in [-0.2, 0) is 11.3 Å². The molecule has 1 unspecified atom stereocenters. The lowest BCUT2D eigenvalue weighted by Gasteiger charge is -2.13. The average Bonchev–Trinajstić information content (AvgIpc) is 2.15. The van der Waals surface area contributed by atoms with Crippen molar-refractivity contribution in [1.82, 2.24) is 5.32 Å². The lowest BCUT2D eigenvalue weighted by molar-refractivity contribution is -0.118. The summed E-state index contributed by atoms with van der Waals surface area (Å²) in [5, 5.41) is 3.27. The Balaban J connectivity index is 2.43. The first-order chi connectivity index (χ1) is 7.09. The van der Waals surface area contributed by atoms with Gasteiger partial charge in [0.15, 0.2) is 0 Å². The molecule has 1 amide bonds. The van der Waals surface area contributed by atoms with E-state index in [0.717, 1.165) is 6.54 Å². The average molecular weight is 206 g/mol. The first-order valence-corrected chi connectivity index (χ1v) is 5.16. The molecule has 82 valence electrons. The maximum absolute atomic E-state index is 10.7. The Morgan fingerprint density at radius 1 is 1.47 bits per heavy atom. The van der Waals surface area contributed by atoms with Crippen molar-refractivity contribution in [3.05, 3.63) is 35.4 Å². The lowest BCUT2D eigenvalue weighted by Crippen LogP contribution is -2.30. The fraction of sp³-hybridized carbons (Fsp3) is 0.417. The highest BCUT2D eigenvalue weighted by molar-refractivity contribution is 5.74. The molecule has 0 aliphatic heterocycles. The van der Waals surface area contributed by atoms with E-state index < -0.39 is 0 Å². The van der Waals surface area contributed by atoms with E-state index in [9.17, 15) is 4.79 Å². The van der Waals surface area contributed by atoms with Crippen LogP contribution >= 0.6 is 0 Å². The van der Waals surface area contributed by atoms with Gasteiger partial charge in [0.2, 0.25) is 5.91 Å². The third-order valence-corrected chi connectivity index (χ3v) is 2.41. The van der Waals surface area contributed by atoms with E-state index in [1.165, 1.54) is 11.1 Å². The van der Waals surface area contributed by atoms with Gasteiger partial charge in [-0.1, -0.05) is 24.3 Å². The van der Waals surface area contributed by atoms with Gasteiger partial charge in [-0.15, -0.1) is 0 Å². The molecule has 0 aromatic heterocycles. The van der Waals surface area contributed by atoms with Crippen LogP contribution in [0.25, 0.3) is 0 Å². The van der Waals surface area contributed by atoms with Gasteiger partial charge in [-0.05, 0) is 25.0 Å². The predicted molar refractivity (Wildman–Crippen MR) is 61.3 cm³/mol. The second kappa shape index (κ2) is 5.51. The van der Waals surface area contributed by atoms with Crippen LogP contribution in [0.5, 0.6) is 0 Å². The Morgan fingerprint density at radius 3 is 2.73 bits per heavy atom. The van der Waals surface area contributed by atoms with Crippen LogP contribution in [0.3, 0.4) is 0 Å². The van der Waals surface area contributed by atoms with Gasteiger partial charge in [-0.2, -0.15) is 0 Å². The van der Waals surface area contributed by atoms with E-state index >= 15 is 0 Å². The summed E-state index contributed by atoms with van der Waals surface area (Å²) < 4.78 is 0. The van der Waals surface area contributed by atoms with Crippen molar-refractivity contribution in [1.29, 1.82) is 0 Å². The molecule has 0 aliphatic rings. The van der Waals surface area contributed by atoms with Gasteiger partial charge in [0, 0.05) is 19.0 Å². The SMILES string of the molecule is Cc1ccccc1CNC(C)CC(N)=O. The number of nitrogens with one attached hydrogen (secondary N) is 1. The molecule has 3 N–H and O–H groups in total. The molecule has 3 nitrogen and oxygen atoms in total. The number of hydrogen-bond donors (Lipinski definition) is 2. The molecule has 3 heteroatoms. The zero-order chi connectivity index (χ0) is 11.3. The monoisotopic (exact) mass is 206 g/mol. The number of amides is 1. The third kappa shape index (κ3) is 4.13. The summed E-state index contributed by atoms with van der Waals surface area (Å²) in [5.74, 6) is -0.264. The Hall–Kier alpha value is -1.35. The van der Waals surface area contributed by atoms with Gasteiger partial charge >= 0.3 is 0 Å². The Bertz CT molecular complexity index is 336. The lowest BCUT2D eigenvalue weighted by atomic mass is 10.1. The molecule has 0 heterocycles. The minimum Gasteiger partial charge on any atom is -0.370 e. The highest BCUT2D eigenvalue weighted by Gasteiger charge is 2.05. The van der Waals surface area contributed by atoms with E-state index in [1.807, 2.05) is 19.1 Å². The molecule has 0 saturated heterocycles. The Labute approximate surface area is 90.7 Å². The molecule has 1 aromatic rings. The molecule has 1 atom stereocenters. The molecule has 0 radical (unpaired) electrons. The van der Waals surface area contributed by atoms with E-state index in [0.29, 0.717) is 6.42 Å². The molecular weight excluding hydrogens is 188 g/mol. The topological polar surface area (TPSA) is 55.1 Å². The van der Waals surface area contributed by atoms with Crippen LogP contribution in [0, 0.1) is 6.92 Å². The van der Waals surface area contributed by atoms with Gasteiger partial charge in [0.05, 0.1) is 0 Å². The molecule has 0 spiro atoms. The molecule has 0 aliphatic carbocycles. The first kappa shape index (κ1) is 11.7. The summed E-state index contributed by atoms with van der Waals surface area (Å²) in [6.07, 6.45) is 0.381. The van der Waals surface area contributed by atoms with E-state index in [2.05, 4.69) is 24.4 Å². The van der Waals surface area contributed by atoms with Crippen molar-refractivity contribution >= 4 is 5.91 Å². The second-order valence-electron chi connectivity index (χ2n) is 3.88. The van der Waals surface area contributed by atoms with Gasteiger partial charge in [-0.25, -0.2) is 0 Å². The maximum atomic E-state index is 10.7. The summed E-state index contributed by atoms with van der Waals surface area (Å²) in [7, 11) is 0. The zero-order valence-electron chi connectivity index (χ0n) is 9.29. The Morgan fingerprint density at radius 2 is 2.13 bits per heavy atom. The maximum Gasteiger partial charge on any atom is 0.218 e. The molecule has 1 aromatic carbocycles. The predicted octanol–water partition coefficient (Wildman–Crippen LogP) is 1.35. The number of carbonyl (C=O) groups excluding carboxylic acids is 1. The van der Waals surface area contributed by atoms with Crippen molar-refractivity contribution in [2.45, 2.75) is 32.9 Å². The molecule has 0 bridgehead atoms. The van der Waals surface area contributed by atoms with Crippen molar-refractivity contribution in [3.8, 4) is 0 Å². The van der Waals surface area contributed by atoms with Gasteiger partial charge < -0.3 is 11.1 Å². The quantitative estimate of drug-likeness (QED) is 0.764. The Kier molecular flexibility index (Phi) is 4.31. The molecule has 1 rings (SSSR count). The normalized spacial score (nSPS) is 12.4. The number of rotatable bonds is 5. The van der Waals surface area contributed by atoms with Crippen molar-refractivity contribution in [2.24, 2.45) is 5.73 Å². The fourth-order valence-electron chi connectivity index (χ4n) is 1.47. The molecule has 15 heavy (non-hydrogen) atoms. The largest absolute Gasteiger partial charge is 0.370 e. The van der Waals surface area contributed by atoms with Crippen LogP contribution in [0.2, 0.25) is 0 Å². The highest BCUT2D eigenvalue weighted by Crippen LogP contribution is 2.06. The first-order valence-electron chi connectivity index (χ1n) is 5.16. The second-order valence-corrected chi connectivity index (χ2v) is 3.88. The number of aryl methyl sites for hydroxylation is 1. The number of benzene rings is 1. The summed E-state index contributed by atoms with van der Waals surface area (Å²) >= 11 is 0. The molecule has 0 saturated carbocycles.